The first-order valence-corrected chi connectivity index (χ1v) is 16.7. The van der Waals surface area contributed by atoms with Crippen LogP contribution in [0.5, 0.6) is 0 Å². The third kappa shape index (κ3) is 4.19. The Morgan fingerprint density at radius 3 is 1.79 bits per heavy atom. The highest BCUT2D eigenvalue weighted by Crippen LogP contribution is 2.46. The summed E-state index contributed by atoms with van der Waals surface area (Å²) in [6, 6.07) is 59.4. The van der Waals surface area contributed by atoms with Gasteiger partial charge in [-0.25, -0.2) is 0 Å². The molecule has 0 N–H and O–H groups in total. The van der Waals surface area contributed by atoms with Crippen molar-refractivity contribution >= 4 is 60.5 Å². The number of nitrogens with zero attached hydrogens (tertiary/aromatic N) is 1. The van der Waals surface area contributed by atoms with Gasteiger partial charge in [-0.05, 0) is 92.7 Å². The van der Waals surface area contributed by atoms with Gasteiger partial charge in [-0.1, -0.05) is 133 Å². The van der Waals surface area contributed by atoms with Gasteiger partial charge in [0.1, 0.15) is 5.58 Å². The Hall–Kier alpha value is -6.12. The molecule has 8 aromatic carbocycles. The average molecular weight is 614 g/mol. The molecule has 0 radical (unpaired) electrons. The summed E-state index contributed by atoms with van der Waals surface area (Å²) in [6.45, 7) is 0. The van der Waals surface area contributed by atoms with Crippen molar-refractivity contribution in [3.8, 4) is 11.1 Å². The smallest absolute Gasteiger partial charge is 0.159 e. The molecule has 226 valence electrons. The van der Waals surface area contributed by atoms with Crippen LogP contribution >= 0.6 is 0 Å². The number of anilines is 3. The summed E-state index contributed by atoms with van der Waals surface area (Å²) in [5, 5.41) is 7.58. The lowest BCUT2D eigenvalue weighted by Crippen LogP contribution is -2.12. The molecule has 0 amide bonds. The molecule has 0 saturated carbocycles. The molecule has 0 atom stereocenters. The highest BCUT2D eigenvalue weighted by atomic mass is 16.3. The molecule has 10 rings (SSSR count). The number of hydrogen-bond acceptors (Lipinski definition) is 2. The van der Waals surface area contributed by atoms with Gasteiger partial charge in [0.2, 0.25) is 0 Å². The maximum atomic E-state index is 6.66. The quantitative estimate of drug-likeness (QED) is 0.196. The molecule has 1 heterocycles. The van der Waals surface area contributed by atoms with Crippen molar-refractivity contribution in [1.29, 1.82) is 0 Å². The second-order valence-corrected chi connectivity index (χ2v) is 12.9. The van der Waals surface area contributed by atoms with Gasteiger partial charge in [0.25, 0.3) is 0 Å². The lowest BCUT2D eigenvalue weighted by Gasteiger charge is -2.29. The van der Waals surface area contributed by atoms with E-state index in [0.29, 0.717) is 0 Å². The zero-order valence-corrected chi connectivity index (χ0v) is 26.4. The maximum Gasteiger partial charge on any atom is 0.159 e. The molecule has 48 heavy (non-hydrogen) atoms. The van der Waals surface area contributed by atoms with E-state index in [4.69, 9.17) is 4.42 Å². The summed E-state index contributed by atoms with van der Waals surface area (Å²) in [5.41, 5.74) is 13.0. The van der Waals surface area contributed by atoms with E-state index in [-0.39, 0.29) is 0 Å². The van der Waals surface area contributed by atoms with Crippen molar-refractivity contribution in [2.45, 2.75) is 12.8 Å². The lowest BCUT2D eigenvalue weighted by molar-refractivity contribution is 0.669. The molecule has 0 fully saturated rings. The number of rotatable bonds is 4. The van der Waals surface area contributed by atoms with Crippen LogP contribution in [0.15, 0.2) is 168 Å². The molecule has 0 spiro atoms. The molecule has 9 aromatic rings. The van der Waals surface area contributed by atoms with Crippen molar-refractivity contribution < 1.29 is 4.42 Å². The highest BCUT2D eigenvalue weighted by Gasteiger charge is 2.24. The molecular weight excluding hydrogens is 583 g/mol. The normalized spacial score (nSPS) is 12.4. The van der Waals surface area contributed by atoms with E-state index < -0.39 is 0 Å². The van der Waals surface area contributed by atoms with E-state index in [0.717, 1.165) is 51.8 Å². The summed E-state index contributed by atoms with van der Waals surface area (Å²) >= 11 is 0. The molecule has 0 unspecified atom stereocenters. The number of hydrogen-bond donors (Lipinski definition) is 0. The number of fused-ring (bicyclic) bond motifs is 3. The molecular formula is C46H31NO. The fraction of sp³-hybridized carbons (Fsp3) is 0.0435. The summed E-state index contributed by atoms with van der Waals surface area (Å²) in [4.78, 5) is 2.40. The van der Waals surface area contributed by atoms with Gasteiger partial charge in [-0.2, -0.15) is 0 Å². The number of benzene rings is 8. The Bertz CT molecular complexity index is 2620. The summed E-state index contributed by atoms with van der Waals surface area (Å²) in [7, 11) is 0. The molecule has 0 saturated heterocycles. The lowest BCUT2D eigenvalue weighted by atomic mass is 9.85. The van der Waals surface area contributed by atoms with Crippen LogP contribution in [0.4, 0.5) is 17.1 Å². The topological polar surface area (TPSA) is 16.4 Å². The Morgan fingerprint density at radius 1 is 0.396 bits per heavy atom. The van der Waals surface area contributed by atoms with E-state index >= 15 is 0 Å². The summed E-state index contributed by atoms with van der Waals surface area (Å²) in [5.74, 6) is 0. The standard InChI is InChI=1S/C46H31NO/c1-2-10-30(11-3-1)31-22-25-37(26-23-31)47(42-20-9-18-39-38-17-4-5-21-43(38)48-46(39)42)41-27-24-36-29-34-15-7-13-32-12-6-14-33(44(32)34)28-35-16-8-19-40(41)45(35)36/h1-27H,28-29H2. The Balaban J connectivity index is 1.22. The van der Waals surface area contributed by atoms with Crippen molar-refractivity contribution in [3.05, 3.63) is 186 Å². The second kappa shape index (κ2) is 10.7. The first kappa shape index (κ1) is 27.0. The van der Waals surface area contributed by atoms with E-state index in [9.17, 15) is 0 Å². The van der Waals surface area contributed by atoms with Crippen LogP contribution < -0.4 is 4.90 Å². The molecule has 1 aliphatic rings. The number of furan rings is 1. The van der Waals surface area contributed by atoms with Gasteiger partial charge in [0.15, 0.2) is 5.58 Å². The predicted molar refractivity (Wildman–Crippen MR) is 201 cm³/mol. The van der Waals surface area contributed by atoms with Crippen LogP contribution in [0.25, 0.3) is 54.6 Å². The fourth-order valence-corrected chi connectivity index (χ4v) is 7.99. The van der Waals surface area contributed by atoms with Gasteiger partial charge in [-0.3, -0.25) is 0 Å². The minimum absolute atomic E-state index is 0.890. The maximum absolute atomic E-state index is 6.66. The second-order valence-electron chi connectivity index (χ2n) is 12.9. The third-order valence-electron chi connectivity index (χ3n) is 10.1. The van der Waals surface area contributed by atoms with E-state index in [1.165, 1.54) is 54.9 Å². The minimum Gasteiger partial charge on any atom is -0.454 e. The Labute approximate surface area is 279 Å². The minimum atomic E-state index is 0.890. The molecule has 2 nitrogen and oxygen atoms in total. The van der Waals surface area contributed by atoms with Crippen molar-refractivity contribution in [1.82, 2.24) is 0 Å². The molecule has 1 aromatic heterocycles. The van der Waals surface area contributed by atoms with Crippen LogP contribution in [-0.2, 0) is 12.8 Å². The monoisotopic (exact) mass is 613 g/mol. The predicted octanol–water partition coefficient (Wildman–Crippen LogP) is 12.5. The Kier molecular flexibility index (Phi) is 6.04. The van der Waals surface area contributed by atoms with Gasteiger partial charge >= 0.3 is 0 Å². The van der Waals surface area contributed by atoms with Gasteiger partial charge in [0.05, 0.1) is 11.4 Å². The molecule has 2 heteroatoms. The Morgan fingerprint density at radius 2 is 1.00 bits per heavy atom. The zero-order valence-electron chi connectivity index (χ0n) is 26.4. The average Bonchev–Trinajstić information content (AvgIpc) is 3.52. The molecule has 1 aliphatic carbocycles. The van der Waals surface area contributed by atoms with Gasteiger partial charge < -0.3 is 9.32 Å². The summed E-state index contributed by atoms with van der Waals surface area (Å²) < 4.78 is 6.66. The van der Waals surface area contributed by atoms with Crippen molar-refractivity contribution in [3.63, 3.8) is 0 Å². The van der Waals surface area contributed by atoms with Crippen LogP contribution in [0.1, 0.15) is 22.3 Å². The highest BCUT2D eigenvalue weighted by molar-refractivity contribution is 6.12. The van der Waals surface area contributed by atoms with Gasteiger partial charge in [-0.15, -0.1) is 0 Å². The van der Waals surface area contributed by atoms with Crippen LogP contribution in [0.2, 0.25) is 0 Å². The van der Waals surface area contributed by atoms with Crippen molar-refractivity contribution in [2.24, 2.45) is 0 Å². The molecule has 0 aliphatic heterocycles. The van der Waals surface area contributed by atoms with Crippen LogP contribution in [0, 0.1) is 0 Å². The van der Waals surface area contributed by atoms with E-state index in [1.807, 2.05) is 6.07 Å². The van der Waals surface area contributed by atoms with Crippen LogP contribution in [0.3, 0.4) is 0 Å². The van der Waals surface area contributed by atoms with Crippen LogP contribution in [-0.4, -0.2) is 0 Å². The number of para-hydroxylation sites is 2. The first-order valence-electron chi connectivity index (χ1n) is 16.7. The summed E-state index contributed by atoms with van der Waals surface area (Å²) in [6.07, 6.45) is 1.79. The zero-order chi connectivity index (χ0) is 31.6. The first-order chi connectivity index (χ1) is 23.8. The third-order valence-corrected chi connectivity index (χ3v) is 10.1. The van der Waals surface area contributed by atoms with Crippen molar-refractivity contribution in [2.75, 3.05) is 4.90 Å². The van der Waals surface area contributed by atoms with Gasteiger partial charge in [0, 0.05) is 21.8 Å². The SMILES string of the molecule is c1ccc(-c2ccc(N(c3ccc4c5c(cccc35)Cc3cccc5cccc(c35)C4)c3cccc4c3oc3ccccc34)cc2)cc1. The van der Waals surface area contributed by atoms with E-state index in [1.54, 1.807) is 0 Å². The van der Waals surface area contributed by atoms with E-state index in [2.05, 4.69) is 163 Å². The molecule has 0 bridgehead atoms. The fourth-order valence-electron chi connectivity index (χ4n) is 7.99. The largest absolute Gasteiger partial charge is 0.454 e.